The standard InChI is InChI=1S/C10H14FNO2/c11-8-3-1-2-7(6-8)10(14)9(13)4-5-12/h1-3,6,9-10,13-14H,4-5,12H2. The highest BCUT2D eigenvalue weighted by atomic mass is 19.1. The zero-order chi connectivity index (χ0) is 10.6. The van der Waals surface area contributed by atoms with Crippen molar-refractivity contribution in [2.75, 3.05) is 6.54 Å². The Morgan fingerprint density at radius 3 is 2.64 bits per heavy atom. The third kappa shape index (κ3) is 2.77. The van der Waals surface area contributed by atoms with E-state index in [1.807, 2.05) is 0 Å². The summed E-state index contributed by atoms with van der Waals surface area (Å²) in [5, 5.41) is 19.0. The first-order valence-electron chi connectivity index (χ1n) is 4.47. The van der Waals surface area contributed by atoms with Crippen LogP contribution in [0.3, 0.4) is 0 Å². The molecule has 2 unspecified atom stereocenters. The van der Waals surface area contributed by atoms with E-state index in [1.165, 1.54) is 18.2 Å². The third-order valence-corrected chi connectivity index (χ3v) is 2.02. The molecule has 0 fully saturated rings. The molecule has 2 atom stereocenters. The molecular weight excluding hydrogens is 185 g/mol. The topological polar surface area (TPSA) is 66.5 Å². The van der Waals surface area contributed by atoms with Crippen LogP contribution in [-0.2, 0) is 0 Å². The van der Waals surface area contributed by atoms with E-state index in [1.54, 1.807) is 6.07 Å². The average Bonchev–Trinajstić information content (AvgIpc) is 2.17. The molecule has 0 spiro atoms. The van der Waals surface area contributed by atoms with Crippen molar-refractivity contribution < 1.29 is 14.6 Å². The van der Waals surface area contributed by atoms with Crippen LogP contribution in [0.4, 0.5) is 4.39 Å². The van der Waals surface area contributed by atoms with Crippen LogP contribution >= 0.6 is 0 Å². The summed E-state index contributed by atoms with van der Waals surface area (Å²) in [6.07, 6.45) is -1.73. The van der Waals surface area contributed by atoms with Gasteiger partial charge in [0.1, 0.15) is 11.9 Å². The summed E-state index contributed by atoms with van der Waals surface area (Å²) >= 11 is 0. The first-order valence-corrected chi connectivity index (χ1v) is 4.47. The van der Waals surface area contributed by atoms with Gasteiger partial charge in [0.15, 0.2) is 0 Å². The SMILES string of the molecule is NCCC(O)C(O)c1cccc(F)c1. The highest BCUT2D eigenvalue weighted by Crippen LogP contribution is 2.19. The molecule has 0 aliphatic carbocycles. The number of aliphatic hydroxyl groups excluding tert-OH is 2. The quantitative estimate of drug-likeness (QED) is 0.664. The Balaban J connectivity index is 2.73. The van der Waals surface area contributed by atoms with Gasteiger partial charge in [0.05, 0.1) is 6.10 Å². The Kier molecular flexibility index (Phi) is 4.00. The van der Waals surface area contributed by atoms with Gasteiger partial charge >= 0.3 is 0 Å². The molecule has 1 rings (SSSR count). The van der Waals surface area contributed by atoms with Crippen LogP contribution in [0, 0.1) is 5.82 Å². The van der Waals surface area contributed by atoms with Crippen molar-refractivity contribution in [2.24, 2.45) is 5.73 Å². The Hall–Kier alpha value is -0.970. The van der Waals surface area contributed by atoms with Gasteiger partial charge in [-0.2, -0.15) is 0 Å². The van der Waals surface area contributed by atoms with Gasteiger partial charge in [-0.3, -0.25) is 0 Å². The van der Waals surface area contributed by atoms with Gasteiger partial charge < -0.3 is 15.9 Å². The van der Waals surface area contributed by atoms with Crippen LogP contribution in [-0.4, -0.2) is 22.9 Å². The van der Waals surface area contributed by atoms with Crippen molar-refractivity contribution in [2.45, 2.75) is 18.6 Å². The summed E-state index contributed by atoms with van der Waals surface area (Å²) in [7, 11) is 0. The monoisotopic (exact) mass is 199 g/mol. The van der Waals surface area contributed by atoms with Crippen molar-refractivity contribution in [3.8, 4) is 0 Å². The van der Waals surface area contributed by atoms with Crippen molar-refractivity contribution in [3.05, 3.63) is 35.6 Å². The normalized spacial score (nSPS) is 15.1. The molecule has 4 N–H and O–H groups in total. The van der Waals surface area contributed by atoms with Gasteiger partial charge in [0.2, 0.25) is 0 Å². The van der Waals surface area contributed by atoms with E-state index in [-0.39, 0.29) is 13.0 Å². The molecule has 78 valence electrons. The zero-order valence-corrected chi connectivity index (χ0v) is 7.73. The molecule has 0 amide bonds. The minimum Gasteiger partial charge on any atom is -0.390 e. The molecule has 14 heavy (non-hydrogen) atoms. The predicted octanol–water partition coefficient (Wildman–Crippen LogP) is 0.569. The van der Waals surface area contributed by atoms with E-state index in [9.17, 15) is 14.6 Å². The fraction of sp³-hybridized carbons (Fsp3) is 0.400. The molecule has 0 aromatic heterocycles. The highest BCUT2D eigenvalue weighted by Gasteiger charge is 2.17. The second-order valence-corrected chi connectivity index (χ2v) is 3.14. The lowest BCUT2D eigenvalue weighted by atomic mass is 10.0. The van der Waals surface area contributed by atoms with E-state index in [0.717, 1.165) is 0 Å². The van der Waals surface area contributed by atoms with Crippen molar-refractivity contribution in [3.63, 3.8) is 0 Å². The van der Waals surface area contributed by atoms with Gasteiger partial charge in [-0.25, -0.2) is 4.39 Å². The predicted molar refractivity (Wildman–Crippen MR) is 51.0 cm³/mol. The van der Waals surface area contributed by atoms with Crippen LogP contribution in [0.2, 0.25) is 0 Å². The smallest absolute Gasteiger partial charge is 0.123 e. The lowest BCUT2D eigenvalue weighted by molar-refractivity contribution is 0.0149. The van der Waals surface area contributed by atoms with Crippen molar-refractivity contribution >= 4 is 0 Å². The maximum atomic E-state index is 12.8. The lowest BCUT2D eigenvalue weighted by Gasteiger charge is -2.17. The summed E-state index contributed by atoms with van der Waals surface area (Å²) in [4.78, 5) is 0. The fourth-order valence-electron chi connectivity index (χ4n) is 1.24. The summed E-state index contributed by atoms with van der Waals surface area (Å²) < 4.78 is 12.8. The number of benzene rings is 1. The second-order valence-electron chi connectivity index (χ2n) is 3.14. The zero-order valence-electron chi connectivity index (χ0n) is 7.73. The molecule has 1 aromatic rings. The maximum Gasteiger partial charge on any atom is 0.123 e. The number of aliphatic hydroxyl groups is 2. The molecule has 0 heterocycles. The Morgan fingerprint density at radius 2 is 2.07 bits per heavy atom. The fourth-order valence-corrected chi connectivity index (χ4v) is 1.24. The highest BCUT2D eigenvalue weighted by molar-refractivity contribution is 5.19. The lowest BCUT2D eigenvalue weighted by Crippen LogP contribution is -2.21. The number of hydrogen-bond acceptors (Lipinski definition) is 3. The number of halogens is 1. The molecular formula is C10H14FNO2. The Bertz CT molecular complexity index is 293. The minimum absolute atomic E-state index is 0.285. The first kappa shape index (κ1) is 11.1. The molecule has 0 saturated carbocycles. The number of rotatable bonds is 4. The van der Waals surface area contributed by atoms with Gasteiger partial charge in [0, 0.05) is 0 Å². The summed E-state index contributed by atoms with van der Waals surface area (Å²) in [6, 6.07) is 5.53. The number of nitrogens with two attached hydrogens (primary N) is 1. The van der Waals surface area contributed by atoms with Crippen LogP contribution < -0.4 is 5.73 Å². The average molecular weight is 199 g/mol. The Labute approximate surface area is 82.0 Å². The number of hydrogen-bond donors (Lipinski definition) is 3. The molecule has 3 nitrogen and oxygen atoms in total. The van der Waals surface area contributed by atoms with Crippen LogP contribution in [0.5, 0.6) is 0 Å². The third-order valence-electron chi connectivity index (χ3n) is 2.02. The van der Waals surface area contributed by atoms with Crippen molar-refractivity contribution in [1.29, 1.82) is 0 Å². The first-order chi connectivity index (χ1) is 6.65. The van der Waals surface area contributed by atoms with E-state index >= 15 is 0 Å². The van der Waals surface area contributed by atoms with Crippen LogP contribution in [0.25, 0.3) is 0 Å². The van der Waals surface area contributed by atoms with Gasteiger partial charge in [0.25, 0.3) is 0 Å². The maximum absolute atomic E-state index is 12.8. The minimum atomic E-state index is -1.07. The van der Waals surface area contributed by atoms with Gasteiger partial charge in [-0.05, 0) is 30.7 Å². The molecule has 0 aliphatic heterocycles. The summed E-state index contributed by atoms with van der Waals surface area (Å²) in [5.41, 5.74) is 5.60. The van der Waals surface area contributed by atoms with E-state index in [0.29, 0.717) is 5.56 Å². The largest absolute Gasteiger partial charge is 0.390 e. The molecule has 0 radical (unpaired) electrons. The van der Waals surface area contributed by atoms with E-state index in [4.69, 9.17) is 5.73 Å². The van der Waals surface area contributed by atoms with Crippen molar-refractivity contribution in [1.82, 2.24) is 0 Å². The second kappa shape index (κ2) is 5.05. The molecule has 1 aromatic carbocycles. The Morgan fingerprint density at radius 1 is 1.36 bits per heavy atom. The van der Waals surface area contributed by atoms with Crippen LogP contribution in [0.15, 0.2) is 24.3 Å². The molecule has 0 saturated heterocycles. The summed E-state index contributed by atoms with van der Waals surface area (Å²) in [6.45, 7) is 0.285. The molecule has 0 aliphatic rings. The van der Waals surface area contributed by atoms with E-state index < -0.39 is 18.0 Å². The molecule has 0 bridgehead atoms. The summed E-state index contributed by atoms with van der Waals surface area (Å²) in [5.74, 6) is -0.429. The van der Waals surface area contributed by atoms with Gasteiger partial charge in [-0.15, -0.1) is 0 Å². The molecule has 4 heteroatoms. The van der Waals surface area contributed by atoms with Gasteiger partial charge in [-0.1, -0.05) is 12.1 Å². The van der Waals surface area contributed by atoms with E-state index in [2.05, 4.69) is 0 Å². The van der Waals surface area contributed by atoms with Crippen LogP contribution in [0.1, 0.15) is 18.1 Å².